The Morgan fingerprint density at radius 2 is 2.15 bits per heavy atom. The van der Waals surface area contributed by atoms with Crippen LogP contribution in [0.1, 0.15) is 35.0 Å². The molecule has 1 heterocycles. The minimum atomic E-state index is -0.337. The zero-order valence-corrected chi connectivity index (χ0v) is 13.2. The highest BCUT2D eigenvalue weighted by Crippen LogP contribution is 2.25. The van der Waals surface area contributed by atoms with Crippen LogP contribution in [0.2, 0.25) is 5.02 Å². The molecular formula is C15H18ClFN2S. The number of halogens is 2. The van der Waals surface area contributed by atoms with Gasteiger partial charge in [0.1, 0.15) is 5.82 Å². The van der Waals surface area contributed by atoms with Crippen molar-refractivity contribution in [2.45, 2.75) is 33.2 Å². The van der Waals surface area contributed by atoms with E-state index in [-0.39, 0.29) is 10.8 Å². The van der Waals surface area contributed by atoms with Gasteiger partial charge >= 0.3 is 0 Å². The summed E-state index contributed by atoms with van der Waals surface area (Å²) in [6.07, 6.45) is 1.39. The largest absolute Gasteiger partial charge is 0.312 e. The number of nitrogens with one attached hydrogen (secondary N) is 1. The molecule has 108 valence electrons. The Balaban J connectivity index is 2.21. The molecule has 5 heteroatoms. The smallest absolute Gasteiger partial charge is 0.145 e. The number of rotatable bonds is 6. The van der Waals surface area contributed by atoms with Gasteiger partial charge in [0.2, 0.25) is 0 Å². The number of aryl methyl sites for hydroxylation is 1. The van der Waals surface area contributed by atoms with E-state index in [2.05, 4.69) is 24.1 Å². The molecule has 1 N–H and O–H groups in total. The molecule has 0 saturated heterocycles. The Labute approximate surface area is 128 Å². The minimum Gasteiger partial charge on any atom is -0.312 e. The van der Waals surface area contributed by atoms with Crippen molar-refractivity contribution in [2.24, 2.45) is 0 Å². The molecule has 0 spiro atoms. The van der Waals surface area contributed by atoms with E-state index in [0.29, 0.717) is 12.0 Å². The molecule has 0 amide bonds. The Kier molecular flexibility index (Phi) is 5.52. The maximum absolute atomic E-state index is 13.9. The fourth-order valence-electron chi connectivity index (χ4n) is 2.01. The van der Waals surface area contributed by atoms with Crippen molar-refractivity contribution in [3.8, 4) is 0 Å². The predicted molar refractivity (Wildman–Crippen MR) is 83.1 cm³/mol. The summed E-state index contributed by atoms with van der Waals surface area (Å²) < 4.78 is 13.9. The highest BCUT2D eigenvalue weighted by molar-refractivity contribution is 7.11. The predicted octanol–water partition coefficient (Wildman–Crippen LogP) is 4.20. The van der Waals surface area contributed by atoms with E-state index in [1.54, 1.807) is 29.5 Å². The van der Waals surface area contributed by atoms with Gasteiger partial charge in [-0.3, -0.25) is 0 Å². The SMILES string of the molecule is CCNCc1sc(Cc2cccc(Cl)c2F)nc1CC. The molecule has 0 aliphatic heterocycles. The van der Waals surface area contributed by atoms with Crippen molar-refractivity contribution in [3.05, 3.63) is 50.2 Å². The van der Waals surface area contributed by atoms with Crippen molar-refractivity contribution in [2.75, 3.05) is 6.54 Å². The second kappa shape index (κ2) is 7.16. The molecule has 0 saturated carbocycles. The highest BCUT2D eigenvalue weighted by atomic mass is 35.5. The Morgan fingerprint density at radius 3 is 2.85 bits per heavy atom. The highest BCUT2D eigenvalue weighted by Gasteiger charge is 2.13. The molecule has 2 rings (SSSR count). The Bertz CT molecular complexity index is 583. The lowest BCUT2D eigenvalue weighted by Gasteiger charge is -2.01. The third-order valence-corrected chi connectivity index (χ3v) is 4.46. The summed E-state index contributed by atoms with van der Waals surface area (Å²) >= 11 is 7.46. The van der Waals surface area contributed by atoms with E-state index in [9.17, 15) is 4.39 Å². The zero-order chi connectivity index (χ0) is 14.5. The third kappa shape index (κ3) is 3.57. The summed E-state index contributed by atoms with van der Waals surface area (Å²) in [5.41, 5.74) is 1.71. The van der Waals surface area contributed by atoms with Crippen molar-refractivity contribution in [1.82, 2.24) is 10.3 Å². The van der Waals surface area contributed by atoms with E-state index in [1.807, 2.05) is 0 Å². The van der Waals surface area contributed by atoms with E-state index in [0.717, 1.165) is 30.2 Å². The first-order chi connectivity index (χ1) is 9.65. The fourth-order valence-corrected chi connectivity index (χ4v) is 3.36. The van der Waals surface area contributed by atoms with Crippen molar-refractivity contribution >= 4 is 22.9 Å². The van der Waals surface area contributed by atoms with Gasteiger partial charge < -0.3 is 5.32 Å². The summed E-state index contributed by atoms with van der Waals surface area (Å²) in [5, 5.41) is 4.42. The maximum Gasteiger partial charge on any atom is 0.145 e. The normalized spacial score (nSPS) is 11.0. The number of hydrogen-bond acceptors (Lipinski definition) is 3. The van der Waals surface area contributed by atoms with Crippen molar-refractivity contribution < 1.29 is 4.39 Å². The Morgan fingerprint density at radius 1 is 1.35 bits per heavy atom. The van der Waals surface area contributed by atoms with Crippen LogP contribution in [0.15, 0.2) is 18.2 Å². The van der Waals surface area contributed by atoms with Gasteiger partial charge in [-0.05, 0) is 24.6 Å². The lowest BCUT2D eigenvalue weighted by atomic mass is 10.1. The van der Waals surface area contributed by atoms with Crippen LogP contribution >= 0.6 is 22.9 Å². The van der Waals surface area contributed by atoms with E-state index >= 15 is 0 Å². The summed E-state index contributed by atoms with van der Waals surface area (Å²) in [6, 6.07) is 5.10. The second-order valence-electron chi connectivity index (χ2n) is 4.50. The van der Waals surface area contributed by atoms with Gasteiger partial charge in [-0.2, -0.15) is 0 Å². The van der Waals surface area contributed by atoms with Gasteiger partial charge in [-0.25, -0.2) is 9.37 Å². The molecule has 0 bridgehead atoms. The van der Waals surface area contributed by atoms with Crippen LogP contribution in [0.4, 0.5) is 4.39 Å². The van der Waals surface area contributed by atoms with Crippen LogP contribution in [0.5, 0.6) is 0 Å². The van der Waals surface area contributed by atoms with Crippen LogP contribution in [0, 0.1) is 5.82 Å². The monoisotopic (exact) mass is 312 g/mol. The van der Waals surface area contributed by atoms with E-state index < -0.39 is 0 Å². The molecule has 0 radical (unpaired) electrons. The number of benzene rings is 1. The standard InChI is InChI=1S/C15H18ClFN2S/c1-3-12-13(9-18-4-2)20-14(19-12)8-10-6-5-7-11(16)15(10)17/h5-7,18H,3-4,8-9H2,1-2H3. The van der Waals surface area contributed by atoms with Gasteiger partial charge in [0, 0.05) is 17.8 Å². The molecule has 1 aromatic heterocycles. The van der Waals surface area contributed by atoms with Crippen molar-refractivity contribution in [1.29, 1.82) is 0 Å². The molecule has 0 fully saturated rings. The van der Waals surface area contributed by atoms with Gasteiger partial charge in [-0.15, -0.1) is 11.3 Å². The zero-order valence-electron chi connectivity index (χ0n) is 11.7. The molecule has 20 heavy (non-hydrogen) atoms. The maximum atomic E-state index is 13.9. The number of hydrogen-bond donors (Lipinski definition) is 1. The number of aromatic nitrogens is 1. The molecule has 0 aliphatic rings. The van der Waals surface area contributed by atoms with Crippen LogP contribution in [0.25, 0.3) is 0 Å². The lowest BCUT2D eigenvalue weighted by molar-refractivity contribution is 0.614. The van der Waals surface area contributed by atoms with Gasteiger partial charge in [0.15, 0.2) is 0 Å². The van der Waals surface area contributed by atoms with Gasteiger partial charge in [0.25, 0.3) is 0 Å². The topological polar surface area (TPSA) is 24.9 Å². The summed E-state index contributed by atoms with van der Waals surface area (Å²) in [7, 11) is 0. The fraction of sp³-hybridized carbons (Fsp3) is 0.400. The van der Waals surface area contributed by atoms with Crippen LogP contribution in [-0.2, 0) is 19.4 Å². The quantitative estimate of drug-likeness (QED) is 0.864. The molecule has 0 aliphatic carbocycles. The van der Waals surface area contributed by atoms with Crippen LogP contribution < -0.4 is 5.32 Å². The van der Waals surface area contributed by atoms with E-state index in [4.69, 9.17) is 11.6 Å². The van der Waals surface area contributed by atoms with Gasteiger partial charge in [-0.1, -0.05) is 37.6 Å². The molecule has 0 unspecified atom stereocenters. The first kappa shape index (κ1) is 15.4. The third-order valence-electron chi connectivity index (χ3n) is 3.07. The second-order valence-corrected chi connectivity index (χ2v) is 6.08. The summed E-state index contributed by atoms with van der Waals surface area (Å²) in [5.74, 6) is -0.337. The first-order valence-corrected chi connectivity index (χ1v) is 7.96. The molecule has 2 nitrogen and oxygen atoms in total. The summed E-state index contributed by atoms with van der Waals surface area (Å²) in [4.78, 5) is 5.86. The first-order valence-electron chi connectivity index (χ1n) is 6.76. The molecule has 0 atom stereocenters. The summed E-state index contributed by atoms with van der Waals surface area (Å²) in [6.45, 7) is 5.93. The average molecular weight is 313 g/mol. The minimum absolute atomic E-state index is 0.169. The molecule has 2 aromatic rings. The molecular weight excluding hydrogens is 295 g/mol. The average Bonchev–Trinajstić information content (AvgIpc) is 2.83. The van der Waals surface area contributed by atoms with Gasteiger partial charge in [0.05, 0.1) is 15.7 Å². The van der Waals surface area contributed by atoms with Crippen LogP contribution in [-0.4, -0.2) is 11.5 Å². The number of nitrogens with zero attached hydrogens (tertiary/aromatic N) is 1. The van der Waals surface area contributed by atoms with Crippen LogP contribution in [0.3, 0.4) is 0 Å². The van der Waals surface area contributed by atoms with E-state index in [1.165, 1.54) is 4.88 Å². The molecule has 1 aromatic carbocycles. The lowest BCUT2D eigenvalue weighted by Crippen LogP contribution is -2.11. The number of thiazole rings is 1. The Hall–Kier alpha value is -0.970. The van der Waals surface area contributed by atoms with Crippen molar-refractivity contribution in [3.63, 3.8) is 0 Å².